The van der Waals surface area contributed by atoms with Crippen molar-refractivity contribution < 1.29 is 13.9 Å². The molecule has 11 aromatic rings. The maximum Gasteiger partial charge on any atom is 0.139 e. The van der Waals surface area contributed by atoms with Crippen LogP contribution in [0.1, 0.15) is 0 Å². The van der Waals surface area contributed by atoms with E-state index in [1.54, 1.807) is 0 Å². The number of hydrogen-bond donors (Lipinski definition) is 0. The Balaban J connectivity index is 1.05. The first-order valence-electron chi connectivity index (χ1n) is 20.0. The van der Waals surface area contributed by atoms with Crippen LogP contribution in [0.2, 0.25) is 0 Å². The third kappa shape index (κ3) is 4.31. The van der Waals surface area contributed by atoms with Crippen LogP contribution in [-0.2, 0) is 0 Å². The average molecular weight is 772 g/mol. The summed E-state index contributed by atoms with van der Waals surface area (Å²) in [6.07, 6.45) is 0. The van der Waals surface area contributed by atoms with Crippen LogP contribution in [0.15, 0.2) is 186 Å². The van der Waals surface area contributed by atoms with E-state index in [1.807, 2.05) is 6.07 Å². The van der Waals surface area contributed by atoms with Crippen molar-refractivity contribution >= 4 is 95.2 Å². The van der Waals surface area contributed by atoms with Gasteiger partial charge < -0.3 is 18.8 Å². The Labute approximate surface area is 339 Å². The van der Waals surface area contributed by atoms with Crippen LogP contribution >= 0.6 is 7.92 Å². The average Bonchev–Trinajstić information content (AvgIpc) is 3.64. The first-order valence-corrected chi connectivity index (χ1v) is 21.3. The summed E-state index contributed by atoms with van der Waals surface area (Å²) in [5.74, 6) is 3.58. The number of para-hydroxylation sites is 1. The monoisotopic (exact) mass is 771 g/mol. The molecule has 1 unspecified atom stereocenters. The molecule has 0 aliphatic carbocycles. The molecule has 0 bridgehead atoms. The van der Waals surface area contributed by atoms with Gasteiger partial charge in [-0.25, -0.2) is 0 Å². The molecule has 0 saturated carbocycles. The third-order valence-electron chi connectivity index (χ3n) is 12.4. The van der Waals surface area contributed by atoms with Gasteiger partial charge in [0.1, 0.15) is 34.2 Å². The van der Waals surface area contributed by atoms with E-state index in [4.69, 9.17) is 13.9 Å². The van der Waals surface area contributed by atoms with E-state index in [1.165, 1.54) is 54.1 Å². The lowest BCUT2D eigenvalue weighted by Crippen LogP contribution is -2.39. The van der Waals surface area contributed by atoms with Crippen molar-refractivity contribution in [3.8, 4) is 45.3 Å². The molecular formula is C54H30NO3P. The molecule has 0 radical (unpaired) electrons. The van der Waals surface area contributed by atoms with Crippen LogP contribution in [0.4, 0.5) is 17.1 Å². The zero-order valence-corrected chi connectivity index (χ0v) is 32.3. The van der Waals surface area contributed by atoms with Crippen molar-refractivity contribution in [1.82, 2.24) is 0 Å². The first-order chi connectivity index (χ1) is 29.2. The summed E-state index contributed by atoms with van der Waals surface area (Å²) in [7, 11) is -0.939. The van der Waals surface area contributed by atoms with E-state index in [2.05, 4.69) is 181 Å². The minimum atomic E-state index is -0.939. The Morgan fingerprint density at radius 3 is 1.66 bits per heavy atom. The van der Waals surface area contributed by atoms with E-state index in [-0.39, 0.29) is 0 Å². The van der Waals surface area contributed by atoms with Crippen molar-refractivity contribution in [2.75, 3.05) is 4.90 Å². The zero-order valence-electron chi connectivity index (χ0n) is 31.4. The summed E-state index contributed by atoms with van der Waals surface area (Å²) in [5.41, 5.74) is 9.87. The van der Waals surface area contributed by atoms with Crippen LogP contribution in [0.25, 0.3) is 76.5 Å². The van der Waals surface area contributed by atoms with E-state index >= 15 is 0 Å². The van der Waals surface area contributed by atoms with Crippen LogP contribution < -0.4 is 30.3 Å². The third-order valence-corrected chi connectivity index (χ3v) is 15.1. The summed E-state index contributed by atoms with van der Waals surface area (Å²) in [4.78, 5) is 2.41. The van der Waals surface area contributed by atoms with Crippen LogP contribution in [0, 0.1) is 0 Å². The maximum atomic E-state index is 7.01. The lowest BCUT2D eigenvalue weighted by atomic mass is 9.85. The Bertz CT molecular complexity index is 3590. The minimum Gasteiger partial charge on any atom is -0.456 e. The number of fused-ring (bicyclic) bond motifs is 6. The van der Waals surface area contributed by atoms with Crippen LogP contribution in [-0.4, -0.2) is 0 Å². The molecule has 0 fully saturated rings. The SMILES string of the molecule is c1ccc(N2c3cccc4c3P3c5c(cccc5Oc5cc(-c6c7ccccc7c(-c7ccc8oc9cc%10ccccc%10cc9c8c7)c7ccccc67)cc2c53)O4)cc1. The van der Waals surface area contributed by atoms with Gasteiger partial charge in [-0.1, -0.05) is 109 Å². The number of benzene rings is 10. The molecule has 0 N–H and O–H groups in total. The topological polar surface area (TPSA) is 34.8 Å². The maximum absolute atomic E-state index is 7.01. The Kier molecular flexibility index (Phi) is 6.23. The van der Waals surface area contributed by atoms with Crippen molar-refractivity contribution in [2.24, 2.45) is 0 Å². The molecular weight excluding hydrogens is 742 g/mol. The molecule has 1 atom stereocenters. The Morgan fingerprint density at radius 1 is 0.356 bits per heavy atom. The quantitative estimate of drug-likeness (QED) is 0.132. The van der Waals surface area contributed by atoms with Gasteiger partial charge in [0.2, 0.25) is 0 Å². The van der Waals surface area contributed by atoms with E-state index in [0.717, 1.165) is 78.4 Å². The summed E-state index contributed by atoms with van der Waals surface area (Å²) >= 11 is 0. The van der Waals surface area contributed by atoms with E-state index in [9.17, 15) is 0 Å². The number of anilines is 3. The molecule has 59 heavy (non-hydrogen) atoms. The molecule has 0 amide bonds. The van der Waals surface area contributed by atoms with Gasteiger partial charge in [-0.15, -0.1) is 0 Å². The molecule has 3 aliphatic heterocycles. The molecule has 1 aromatic heterocycles. The second kappa shape index (κ2) is 11.6. The van der Waals surface area contributed by atoms with Gasteiger partial charge in [-0.3, -0.25) is 0 Å². The Morgan fingerprint density at radius 2 is 0.932 bits per heavy atom. The largest absolute Gasteiger partial charge is 0.456 e. The lowest BCUT2D eigenvalue weighted by Gasteiger charge is -2.44. The van der Waals surface area contributed by atoms with Gasteiger partial charge >= 0.3 is 0 Å². The van der Waals surface area contributed by atoms with E-state index < -0.39 is 7.92 Å². The molecule has 14 rings (SSSR count). The molecule has 5 heteroatoms. The van der Waals surface area contributed by atoms with Crippen LogP contribution in [0.5, 0.6) is 23.0 Å². The molecule has 274 valence electrons. The summed E-state index contributed by atoms with van der Waals surface area (Å²) in [6, 6.07) is 65.5. The lowest BCUT2D eigenvalue weighted by molar-refractivity contribution is 0.466. The standard InChI is InChI=1S/C54H30NO3P/c1-2-14-35(15-3-1)55-42-20-10-21-45-52(42)59-53-43(55)28-34(30-49(53)58-47-23-11-22-46(57-45)54(47)59)51-38-18-8-6-16-36(38)50(37-17-7-9-19-39(37)51)33-24-25-44-40(27-33)41-26-31-12-4-5-13-32(31)29-48(41)56-44/h1-30H. The fourth-order valence-electron chi connectivity index (χ4n) is 10.0. The molecule has 4 nitrogen and oxygen atoms in total. The highest BCUT2D eigenvalue weighted by molar-refractivity contribution is 7.81. The predicted octanol–water partition coefficient (Wildman–Crippen LogP) is 14.1. The normalized spacial score (nSPS) is 14.5. The zero-order chi connectivity index (χ0) is 38.3. The smallest absolute Gasteiger partial charge is 0.139 e. The van der Waals surface area contributed by atoms with Crippen LogP contribution in [0.3, 0.4) is 0 Å². The van der Waals surface area contributed by atoms with Gasteiger partial charge in [-0.05, 0) is 127 Å². The molecule has 0 spiro atoms. The molecule has 4 heterocycles. The fraction of sp³-hybridized carbons (Fsp3) is 0. The molecule has 10 aromatic carbocycles. The van der Waals surface area contributed by atoms with Gasteiger partial charge in [0.25, 0.3) is 0 Å². The predicted molar refractivity (Wildman–Crippen MR) is 244 cm³/mol. The van der Waals surface area contributed by atoms with Gasteiger partial charge in [0.05, 0.1) is 27.3 Å². The number of furan rings is 1. The van der Waals surface area contributed by atoms with Gasteiger partial charge in [0, 0.05) is 24.4 Å². The highest BCUT2D eigenvalue weighted by Gasteiger charge is 2.45. The summed E-state index contributed by atoms with van der Waals surface area (Å²) < 4.78 is 20.1. The highest BCUT2D eigenvalue weighted by atomic mass is 31.1. The van der Waals surface area contributed by atoms with Crippen molar-refractivity contribution in [3.63, 3.8) is 0 Å². The van der Waals surface area contributed by atoms with Crippen molar-refractivity contribution in [1.29, 1.82) is 0 Å². The highest BCUT2D eigenvalue weighted by Crippen LogP contribution is 2.61. The Hall–Kier alpha value is -7.39. The number of rotatable bonds is 3. The first kappa shape index (κ1) is 31.7. The number of nitrogens with zero attached hydrogens (tertiary/aromatic N) is 1. The fourth-order valence-corrected chi connectivity index (χ4v) is 12.8. The van der Waals surface area contributed by atoms with E-state index in [0.29, 0.717) is 0 Å². The second-order valence-electron chi connectivity index (χ2n) is 15.6. The van der Waals surface area contributed by atoms with Gasteiger partial charge in [0.15, 0.2) is 0 Å². The summed E-state index contributed by atoms with van der Waals surface area (Å²) in [6.45, 7) is 0. The number of hydrogen-bond acceptors (Lipinski definition) is 4. The second-order valence-corrected chi connectivity index (χ2v) is 17.6. The van der Waals surface area contributed by atoms with Crippen molar-refractivity contribution in [2.45, 2.75) is 0 Å². The van der Waals surface area contributed by atoms with Crippen molar-refractivity contribution in [3.05, 3.63) is 182 Å². The molecule has 3 aliphatic rings. The summed E-state index contributed by atoms with van der Waals surface area (Å²) in [5, 5.41) is 13.0. The van der Waals surface area contributed by atoms with Gasteiger partial charge in [-0.2, -0.15) is 0 Å². The number of ether oxygens (including phenoxy) is 2. The minimum absolute atomic E-state index is 0.873. The molecule has 0 saturated heterocycles.